The maximum absolute atomic E-state index is 11.4. The quantitative estimate of drug-likeness (QED) is 0.575. The van der Waals surface area contributed by atoms with Crippen LogP contribution in [0.5, 0.6) is 0 Å². The summed E-state index contributed by atoms with van der Waals surface area (Å²) < 4.78 is 1.43. The third-order valence-corrected chi connectivity index (χ3v) is 5.85. The Hall–Kier alpha value is -2.15. The van der Waals surface area contributed by atoms with Crippen molar-refractivity contribution in [3.63, 3.8) is 0 Å². The Kier molecular flexibility index (Phi) is 5.04. The topological polar surface area (TPSA) is 60.1 Å². The molecule has 4 rings (SSSR count). The van der Waals surface area contributed by atoms with Gasteiger partial charge in [-0.3, -0.25) is 14.4 Å². The summed E-state index contributed by atoms with van der Waals surface area (Å²) in [6.07, 6.45) is 1.67. The number of hydrogen-bond acceptors (Lipinski definition) is 5. The van der Waals surface area contributed by atoms with Crippen LogP contribution in [0.25, 0.3) is 5.69 Å². The summed E-state index contributed by atoms with van der Waals surface area (Å²) in [7, 11) is 0. The lowest BCUT2D eigenvalue weighted by Crippen LogP contribution is -2.08. The van der Waals surface area contributed by atoms with Crippen LogP contribution in [-0.4, -0.2) is 25.6 Å². The van der Waals surface area contributed by atoms with Crippen molar-refractivity contribution in [1.82, 2.24) is 14.8 Å². The Morgan fingerprint density at radius 2 is 2.04 bits per heavy atom. The highest BCUT2D eigenvalue weighted by atomic mass is 35.5. The van der Waals surface area contributed by atoms with Crippen molar-refractivity contribution >= 4 is 45.8 Å². The van der Waals surface area contributed by atoms with E-state index < -0.39 is 4.71 Å². The lowest BCUT2D eigenvalue weighted by atomic mass is 9.98. The number of fused-ring (bicyclic) bond motifs is 3. The second-order valence-corrected chi connectivity index (χ2v) is 8.35. The van der Waals surface area contributed by atoms with E-state index in [0.717, 1.165) is 45.7 Å². The smallest absolute Gasteiger partial charge is 0.187 e. The van der Waals surface area contributed by atoms with Crippen LogP contribution in [-0.2, 0) is 11.3 Å². The van der Waals surface area contributed by atoms with E-state index in [1.54, 1.807) is 6.33 Å². The van der Waals surface area contributed by atoms with Crippen LogP contribution < -0.4 is 0 Å². The molecular weight excluding hydrogens is 403 g/mol. The number of alkyl halides is 1. The number of halogens is 2. The van der Waals surface area contributed by atoms with Crippen LogP contribution in [0.15, 0.2) is 53.8 Å². The number of benzene rings is 2. The van der Waals surface area contributed by atoms with E-state index in [4.69, 9.17) is 28.2 Å². The van der Waals surface area contributed by atoms with E-state index in [1.165, 1.54) is 6.92 Å². The standard InChI is InChI=1S/C19H14Cl2N4OS/c1-11(26)27-19(21)12-6-7-16-14(8-12)18(13-4-2-3-5-15(13)20)22-9-17-24-23-10-25(16)17/h2-8,10,19H,9H2,1H3. The fourth-order valence-corrected chi connectivity index (χ4v) is 4.31. The van der Waals surface area contributed by atoms with Gasteiger partial charge in [-0.25, -0.2) is 0 Å². The second kappa shape index (κ2) is 7.46. The van der Waals surface area contributed by atoms with Gasteiger partial charge in [0, 0.05) is 23.1 Å². The summed E-state index contributed by atoms with van der Waals surface area (Å²) in [5.74, 6) is 0.742. The minimum atomic E-state index is -0.482. The molecule has 0 aliphatic carbocycles. The van der Waals surface area contributed by atoms with Gasteiger partial charge in [-0.05, 0) is 23.8 Å². The molecule has 0 amide bonds. The molecule has 1 aliphatic heterocycles. The fraction of sp³-hybridized carbons (Fsp3) is 0.158. The molecule has 0 N–H and O–H groups in total. The zero-order chi connectivity index (χ0) is 19.0. The number of hydrogen-bond donors (Lipinski definition) is 0. The number of carbonyl (C=O) groups excluding carboxylic acids is 1. The van der Waals surface area contributed by atoms with Crippen LogP contribution in [0.1, 0.15) is 34.1 Å². The number of aromatic nitrogens is 3. The molecule has 136 valence electrons. The number of aliphatic imine (C=N–C) groups is 1. The average Bonchev–Trinajstić information content (AvgIpc) is 3.05. The highest BCUT2D eigenvalue weighted by Gasteiger charge is 2.23. The zero-order valence-electron chi connectivity index (χ0n) is 14.3. The van der Waals surface area contributed by atoms with Crippen LogP contribution in [0, 0.1) is 0 Å². The van der Waals surface area contributed by atoms with E-state index in [9.17, 15) is 4.79 Å². The van der Waals surface area contributed by atoms with Crippen molar-refractivity contribution in [2.45, 2.75) is 18.2 Å². The summed E-state index contributed by atoms with van der Waals surface area (Å²) in [5, 5.41) is 8.74. The fourth-order valence-electron chi connectivity index (χ4n) is 2.99. The lowest BCUT2D eigenvalue weighted by molar-refractivity contribution is -0.109. The molecule has 8 heteroatoms. The molecule has 0 saturated carbocycles. The highest BCUT2D eigenvalue weighted by molar-refractivity contribution is 8.14. The Bertz CT molecular complexity index is 1060. The number of carbonyl (C=O) groups is 1. The van der Waals surface area contributed by atoms with E-state index in [-0.39, 0.29) is 5.12 Å². The van der Waals surface area contributed by atoms with E-state index in [0.29, 0.717) is 11.6 Å². The molecule has 0 spiro atoms. The molecule has 1 aliphatic rings. The Morgan fingerprint density at radius 1 is 1.22 bits per heavy atom. The highest BCUT2D eigenvalue weighted by Crippen LogP contribution is 2.36. The van der Waals surface area contributed by atoms with Crippen molar-refractivity contribution < 1.29 is 4.79 Å². The normalized spacial score (nSPS) is 14.0. The van der Waals surface area contributed by atoms with Gasteiger partial charge in [-0.15, -0.1) is 21.8 Å². The zero-order valence-corrected chi connectivity index (χ0v) is 16.6. The second-order valence-electron chi connectivity index (χ2n) is 5.96. The molecule has 27 heavy (non-hydrogen) atoms. The number of rotatable bonds is 3. The van der Waals surface area contributed by atoms with Gasteiger partial charge in [0.2, 0.25) is 0 Å². The third-order valence-electron chi connectivity index (χ3n) is 4.19. The average molecular weight is 417 g/mol. The van der Waals surface area contributed by atoms with E-state index >= 15 is 0 Å². The molecule has 0 fully saturated rings. The molecule has 1 aromatic heterocycles. The molecule has 5 nitrogen and oxygen atoms in total. The molecule has 1 unspecified atom stereocenters. The summed E-state index contributed by atoms with van der Waals surface area (Å²) in [5.41, 5.74) is 4.19. The minimum Gasteiger partial charge on any atom is -0.287 e. The van der Waals surface area contributed by atoms with Crippen molar-refractivity contribution in [2.75, 3.05) is 0 Å². The van der Waals surface area contributed by atoms with Gasteiger partial charge >= 0.3 is 0 Å². The first-order chi connectivity index (χ1) is 13.0. The number of thioether (sulfide) groups is 1. The molecular formula is C19H14Cl2N4OS. The van der Waals surface area contributed by atoms with Crippen molar-refractivity contribution in [2.24, 2.45) is 4.99 Å². The van der Waals surface area contributed by atoms with E-state index in [1.807, 2.05) is 47.0 Å². The van der Waals surface area contributed by atoms with Crippen LogP contribution in [0.2, 0.25) is 5.02 Å². The Morgan fingerprint density at radius 3 is 2.81 bits per heavy atom. The molecule has 1 atom stereocenters. The summed E-state index contributed by atoms with van der Waals surface area (Å²) in [6.45, 7) is 1.89. The first-order valence-corrected chi connectivity index (χ1v) is 9.88. The Balaban J connectivity index is 1.91. The third kappa shape index (κ3) is 3.52. The molecule has 0 saturated heterocycles. The monoisotopic (exact) mass is 416 g/mol. The summed E-state index contributed by atoms with van der Waals surface area (Å²) in [4.78, 5) is 16.2. The van der Waals surface area contributed by atoms with Gasteiger partial charge < -0.3 is 0 Å². The molecule has 0 radical (unpaired) electrons. The van der Waals surface area contributed by atoms with Crippen LogP contribution in [0.3, 0.4) is 0 Å². The van der Waals surface area contributed by atoms with Crippen LogP contribution in [0.4, 0.5) is 0 Å². The van der Waals surface area contributed by atoms with Crippen molar-refractivity contribution in [3.05, 3.63) is 76.3 Å². The van der Waals surface area contributed by atoms with E-state index in [2.05, 4.69) is 10.2 Å². The van der Waals surface area contributed by atoms with Gasteiger partial charge in [-0.2, -0.15) is 0 Å². The molecule has 0 bridgehead atoms. The SMILES string of the molecule is CC(=O)SC(Cl)c1ccc2c(c1)C(c1ccccc1Cl)=NCc1nncn1-2. The lowest BCUT2D eigenvalue weighted by Gasteiger charge is -2.15. The Labute approximate surface area is 170 Å². The maximum atomic E-state index is 11.4. The summed E-state index contributed by atoms with van der Waals surface area (Å²) >= 11 is 14.0. The molecule has 2 aromatic carbocycles. The minimum absolute atomic E-state index is 0.0361. The van der Waals surface area contributed by atoms with Crippen LogP contribution >= 0.6 is 35.0 Å². The van der Waals surface area contributed by atoms with Gasteiger partial charge in [0.1, 0.15) is 17.6 Å². The van der Waals surface area contributed by atoms with Crippen molar-refractivity contribution in [3.8, 4) is 5.69 Å². The first kappa shape index (κ1) is 18.2. The van der Waals surface area contributed by atoms with Gasteiger partial charge in [-0.1, -0.05) is 47.6 Å². The van der Waals surface area contributed by atoms with Crippen molar-refractivity contribution in [1.29, 1.82) is 0 Å². The molecule has 3 aromatic rings. The maximum Gasteiger partial charge on any atom is 0.187 e. The number of nitrogens with zero attached hydrogens (tertiary/aromatic N) is 4. The molecule has 2 heterocycles. The first-order valence-electron chi connectivity index (χ1n) is 8.19. The van der Waals surface area contributed by atoms with Gasteiger partial charge in [0.15, 0.2) is 10.9 Å². The predicted octanol–water partition coefficient (Wildman–Crippen LogP) is 4.79. The summed E-state index contributed by atoms with van der Waals surface area (Å²) in [6, 6.07) is 13.4. The van der Waals surface area contributed by atoms with Gasteiger partial charge in [0.05, 0.1) is 11.4 Å². The largest absolute Gasteiger partial charge is 0.287 e. The predicted molar refractivity (Wildman–Crippen MR) is 109 cm³/mol. The van der Waals surface area contributed by atoms with Gasteiger partial charge in [0.25, 0.3) is 0 Å².